The number of aryl methyl sites for hydroxylation is 1. The van der Waals surface area contributed by atoms with Crippen LogP contribution in [0.2, 0.25) is 0 Å². The van der Waals surface area contributed by atoms with E-state index in [9.17, 15) is 4.79 Å². The Morgan fingerprint density at radius 3 is 2.64 bits per heavy atom. The van der Waals surface area contributed by atoms with Crippen LogP contribution in [0.25, 0.3) is 10.9 Å². The van der Waals surface area contributed by atoms with Gasteiger partial charge in [0.05, 0.1) is 5.52 Å². The summed E-state index contributed by atoms with van der Waals surface area (Å²) in [7, 11) is 0. The average Bonchev–Trinajstić information content (AvgIpc) is 2.91. The van der Waals surface area contributed by atoms with E-state index in [0.717, 1.165) is 56.0 Å². The van der Waals surface area contributed by atoms with E-state index in [1.807, 2.05) is 12.3 Å². The summed E-state index contributed by atoms with van der Waals surface area (Å²) in [6, 6.07) is 1.98. The second-order valence-corrected chi connectivity index (χ2v) is 10.3. The summed E-state index contributed by atoms with van der Waals surface area (Å²) in [4.78, 5) is 15.9. The fourth-order valence-electron chi connectivity index (χ4n) is 5.70. The standard InChI is InChI=1S/C22H32N4O2/c1-15-17-13-24-10-5-18(17)25-26(15)14-21-6-8-22(9-7-21,28-19(23)27)16(12-21)11-20(2,3)4/h5,10,13,16H,6-9,11-12,14H2,1-4H3,(H2,23,27). The van der Waals surface area contributed by atoms with Gasteiger partial charge in [-0.05, 0) is 68.3 Å². The molecule has 2 bridgehead atoms. The molecule has 1 atom stereocenters. The van der Waals surface area contributed by atoms with Gasteiger partial charge >= 0.3 is 6.09 Å². The van der Waals surface area contributed by atoms with Crippen molar-refractivity contribution in [2.24, 2.45) is 22.5 Å². The first-order valence-electron chi connectivity index (χ1n) is 10.4. The monoisotopic (exact) mass is 384 g/mol. The Bertz CT molecular complexity index is 888. The number of rotatable bonds is 4. The minimum absolute atomic E-state index is 0.180. The summed E-state index contributed by atoms with van der Waals surface area (Å²) in [6.45, 7) is 9.83. The largest absolute Gasteiger partial charge is 0.443 e. The van der Waals surface area contributed by atoms with Crippen LogP contribution in [-0.2, 0) is 11.3 Å². The molecular formula is C22H32N4O2. The van der Waals surface area contributed by atoms with Crippen LogP contribution in [0.5, 0.6) is 0 Å². The zero-order chi connectivity index (χ0) is 20.2. The van der Waals surface area contributed by atoms with Crippen molar-refractivity contribution < 1.29 is 9.53 Å². The predicted octanol–water partition coefficient (Wildman–Crippen LogP) is 4.59. The maximum Gasteiger partial charge on any atom is 0.405 e. The van der Waals surface area contributed by atoms with Crippen LogP contribution in [0.4, 0.5) is 4.79 Å². The zero-order valence-electron chi connectivity index (χ0n) is 17.5. The molecule has 1 unspecified atom stereocenters. The first kappa shape index (κ1) is 19.2. The van der Waals surface area contributed by atoms with Crippen LogP contribution in [0.3, 0.4) is 0 Å². The molecule has 28 heavy (non-hydrogen) atoms. The average molecular weight is 385 g/mol. The summed E-state index contributed by atoms with van der Waals surface area (Å²) in [5, 5.41) is 5.98. The number of carbonyl (C=O) groups excluding carboxylic acids is 1. The summed E-state index contributed by atoms with van der Waals surface area (Å²) in [6.07, 6.45) is 9.07. The molecule has 0 saturated heterocycles. The van der Waals surface area contributed by atoms with Crippen molar-refractivity contribution in [1.29, 1.82) is 0 Å². The number of nitrogens with zero attached hydrogens (tertiary/aromatic N) is 3. The second kappa shape index (κ2) is 6.46. The Hall–Kier alpha value is -2.11. The van der Waals surface area contributed by atoms with E-state index in [1.54, 1.807) is 6.20 Å². The molecule has 3 saturated carbocycles. The molecule has 0 aromatic carbocycles. The number of hydrogen-bond donors (Lipinski definition) is 1. The fraction of sp³-hybridized carbons (Fsp3) is 0.682. The summed E-state index contributed by atoms with van der Waals surface area (Å²) >= 11 is 0. The van der Waals surface area contributed by atoms with Gasteiger partial charge in [-0.2, -0.15) is 5.10 Å². The predicted molar refractivity (Wildman–Crippen MR) is 109 cm³/mol. The first-order chi connectivity index (χ1) is 13.1. The second-order valence-electron chi connectivity index (χ2n) is 10.3. The third kappa shape index (κ3) is 3.38. The molecule has 2 heterocycles. The van der Waals surface area contributed by atoms with Gasteiger partial charge in [0, 0.05) is 30.0 Å². The molecule has 3 aliphatic carbocycles. The Kier molecular flexibility index (Phi) is 4.43. The molecule has 5 rings (SSSR count). The van der Waals surface area contributed by atoms with Gasteiger partial charge in [0.1, 0.15) is 5.60 Å². The maximum atomic E-state index is 11.7. The van der Waals surface area contributed by atoms with E-state index in [2.05, 4.69) is 37.4 Å². The Morgan fingerprint density at radius 1 is 1.32 bits per heavy atom. The van der Waals surface area contributed by atoms with Crippen LogP contribution < -0.4 is 5.73 Å². The third-order valence-corrected chi connectivity index (χ3v) is 7.03. The van der Waals surface area contributed by atoms with Crippen molar-refractivity contribution in [2.45, 2.75) is 78.4 Å². The molecule has 3 fully saturated rings. The lowest BCUT2D eigenvalue weighted by Crippen LogP contribution is -2.57. The fourth-order valence-corrected chi connectivity index (χ4v) is 5.70. The van der Waals surface area contributed by atoms with E-state index in [4.69, 9.17) is 15.6 Å². The highest BCUT2D eigenvalue weighted by molar-refractivity contribution is 5.80. The van der Waals surface area contributed by atoms with Crippen molar-refractivity contribution >= 4 is 17.0 Å². The van der Waals surface area contributed by atoms with Crippen LogP contribution >= 0.6 is 0 Å². The molecule has 0 spiro atoms. The van der Waals surface area contributed by atoms with Gasteiger partial charge < -0.3 is 10.5 Å². The number of fused-ring (bicyclic) bond motifs is 4. The number of pyridine rings is 1. The topological polar surface area (TPSA) is 83.0 Å². The number of primary amides is 1. The molecule has 6 heteroatoms. The number of hydrogen-bond acceptors (Lipinski definition) is 4. The van der Waals surface area contributed by atoms with Crippen molar-refractivity contribution in [2.75, 3.05) is 0 Å². The van der Waals surface area contributed by atoms with E-state index < -0.39 is 6.09 Å². The molecular weight excluding hydrogens is 352 g/mol. The van der Waals surface area contributed by atoms with Gasteiger partial charge in [0.15, 0.2) is 0 Å². The lowest BCUT2D eigenvalue weighted by Gasteiger charge is -2.57. The van der Waals surface area contributed by atoms with Gasteiger partial charge in [-0.25, -0.2) is 4.79 Å². The summed E-state index contributed by atoms with van der Waals surface area (Å²) in [5.74, 6) is 0.342. The molecule has 2 N–H and O–H groups in total. The number of aromatic nitrogens is 3. The van der Waals surface area contributed by atoms with Gasteiger partial charge in [0.25, 0.3) is 0 Å². The van der Waals surface area contributed by atoms with Crippen LogP contribution in [0.1, 0.15) is 65.0 Å². The van der Waals surface area contributed by atoms with E-state index >= 15 is 0 Å². The van der Waals surface area contributed by atoms with Crippen molar-refractivity contribution in [3.63, 3.8) is 0 Å². The molecule has 1 amide bonds. The minimum atomic E-state index is -0.630. The molecule has 152 valence electrons. The smallest absolute Gasteiger partial charge is 0.405 e. The quantitative estimate of drug-likeness (QED) is 0.835. The van der Waals surface area contributed by atoms with Gasteiger partial charge in [-0.3, -0.25) is 9.67 Å². The molecule has 2 aromatic rings. The van der Waals surface area contributed by atoms with Gasteiger partial charge in [-0.1, -0.05) is 20.8 Å². The Labute approximate surface area is 166 Å². The number of carbonyl (C=O) groups is 1. The third-order valence-electron chi connectivity index (χ3n) is 7.03. The number of nitrogens with two attached hydrogens (primary N) is 1. The maximum absolute atomic E-state index is 11.7. The minimum Gasteiger partial charge on any atom is -0.443 e. The Balaban J connectivity index is 1.63. The van der Waals surface area contributed by atoms with Crippen molar-refractivity contribution in [3.05, 3.63) is 24.2 Å². The van der Waals surface area contributed by atoms with E-state index in [0.29, 0.717) is 5.92 Å². The normalized spacial score (nSPS) is 29.9. The molecule has 6 nitrogen and oxygen atoms in total. The number of amides is 1. The summed E-state index contributed by atoms with van der Waals surface area (Å²) < 4.78 is 7.97. The van der Waals surface area contributed by atoms with Crippen LogP contribution in [-0.4, -0.2) is 26.5 Å². The highest BCUT2D eigenvalue weighted by atomic mass is 16.6. The Morgan fingerprint density at radius 2 is 2.04 bits per heavy atom. The first-order valence-corrected chi connectivity index (χ1v) is 10.4. The lowest BCUT2D eigenvalue weighted by molar-refractivity contribution is -0.151. The molecule has 0 radical (unpaired) electrons. The zero-order valence-corrected chi connectivity index (χ0v) is 17.5. The van der Waals surface area contributed by atoms with Gasteiger partial charge in [0.2, 0.25) is 0 Å². The van der Waals surface area contributed by atoms with Crippen molar-refractivity contribution in [3.8, 4) is 0 Å². The lowest BCUT2D eigenvalue weighted by atomic mass is 9.52. The SMILES string of the molecule is Cc1c2cnccc2nn1CC12CCC(OC(N)=O)(CC1)C(CC(C)(C)C)C2. The number of ether oxygens (including phenoxy) is 1. The van der Waals surface area contributed by atoms with Gasteiger partial charge in [-0.15, -0.1) is 0 Å². The molecule has 3 aliphatic rings. The van der Waals surface area contributed by atoms with Crippen LogP contribution in [0, 0.1) is 23.7 Å². The molecule has 2 aromatic heterocycles. The highest BCUT2D eigenvalue weighted by Gasteiger charge is 2.57. The van der Waals surface area contributed by atoms with E-state index in [1.165, 1.54) is 5.69 Å². The molecule has 0 aliphatic heterocycles. The van der Waals surface area contributed by atoms with Crippen molar-refractivity contribution in [1.82, 2.24) is 14.8 Å². The van der Waals surface area contributed by atoms with Crippen LogP contribution in [0.15, 0.2) is 18.5 Å². The highest BCUT2D eigenvalue weighted by Crippen LogP contribution is 2.59. The van der Waals surface area contributed by atoms with E-state index in [-0.39, 0.29) is 16.4 Å². The summed E-state index contributed by atoms with van der Waals surface area (Å²) in [5.41, 5.74) is 7.66.